The molecule has 0 unspecified atom stereocenters. The van der Waals surface area contributed by atoms with Crippen LogP contribution >= 0.6 is 0 Å². The summed E-state index contributed by atoms with van der Waals surface area (Å²) in [7, 11) is 0. The van der Waals surface area contributed by atoms with Gasteiger partial charge in [0.15, 0.2) is 0 Å². The highest BCUT2D eigenvalue weighted by Crippen LogP contribution is 2.10. The van der Waals surface area contributed by atoms with Gasteiger partial charge < -0.3 is 10.2 Å². The van der Waals surface area contributed by atoms with Gasteiger partial charge in [0.25, 0.3) is 0 Å². The van der Waals surface area contributed by atoms with E-state index in [1.165, 1.54) is 51.4 Å². The van der Waals surface area contributed by atoms with Gasteiger partial charge in [-0.3, -0.25) is 4.79 Å². The number of amides is 1. The normalized spacial score (nSPS) is 11.0. The highest BCUT2D eigenvalue weighted by molar-refractivity contribution is 5.75. The summed E-state index contributed by atoms with van der Waals surface area (Å²) >= 11 is 0. The largest absolute Gasteiger partial charge is 0.355 e. The first-order valence-corrected chi connectivity index (χ1v) is 9.23. The third-order valence-electron chi connectivity index (χ3n) is 4.15. The number of rotatable bonds is 15. The Labute approximate surface area is 132 Å². The Morgan fingerprint density at radius 1 is 0.810 bits per heavy atom. The molecule has 21 heavy (non-hydrogen) atoms. The van der Waals surface area contributed by atoms with Gasteiger partial charge in [0.1, 0.15) is 0 Å². The summed E-state index contributed by atoms with van der Waals surface area (Å²) in [6, 6.07) is 0. The fourth-order valence-electron chi connectivity index (χ4n) is 2.58. The van der Waals surface area contributed by atoms with Crippen molar-refractivity contribution in [1.82, 2.24) is 10.2 Å². The average Bonchev–Trinajstić information content (AvgIpc) is 2.50. The lowest BCUT2D eigenvalue weighted by molar-refractivity contribution is -0.121. The predicted molar refractivity (Wildman–Crippen MR) is 92.6 cm³/mol. The van der Waals surface area contributed by atoms with E-state index >= 15 is 0 Å². The molecule has 0 aliphatic rings. The van der Waals surface area contributed by atoms with Crippen LogP contribution in [0, 0.1) is 0 Å². The molecular formula is C18H38N2O. The number of nitrogens with one attached hydrogen (secondary N) is 1. The third-order valence-corrected chi connectivity index (χ3v) is 4.15. The molecule has 0 bridgehead atoms. The van der Waals surface area contributed by atoms with Gasteiger partial charge in [0.05, 0.1) is 0 Å². The molecule has 0 radical (unpaired) electrons. The first kappa shape index (κ1) is 20.4. The molecule has 0 aromatic rings. The van der Waals surface area contributed by atoms with Crippen molar-refractivity contribution >= 4 is 5.91 Å². The fraction of sp³-hybridized carbons (Fsp3) is 0.944. The second kappa shape index (κ2) is 15.8. The Bertz CT molecular complexity index is 227. The van der Waals surface area contributed by atoms with E-state index in [2.05, 4.69) is 31.0 Å². The van der Waals surface area contributed by atoms with Crippen molar-refractivity contribution in [3.05, 3.63) is 0 Å². The maximum Gasteiger partial charge on any atom is 0.220 e. The van der Waals surface area contributed by atoms with Crippen molar-refractivity contribution < 1.29 is 4.79 Å². The van der Waals surface area contributed by atoms with Crippen molar-refractivity contribution in [2.45, 2.75) is 85.0 Å². The van der Waals surface area contributed by atoms with Crippen LogP contribution in [0.1, 0.15) is 85.0 Å². The number of unbranched alkanes of at least 4 members (excludes halogenated alkanes) is 8. The summed E-state index contributed by atoms with van der Waals surface area (Å²) < 4.78 is 0. The smallest absolute Gasteiger partial charge is 0.220 e. The monoisotopic (exact) mass is 298 g/mol. The molecule has 0 heterocycles. The van der Waals surface area contributed by atoms with Crippen LogP contribution in [0.4, 0.5) is 0 Å². The molecular weight excluding hydrogens is 260 g/mol. The van der Waals surface area contributed by atoms with E-state index in [4.69, 9.17) is 0 Å². The lowest BCUT2D eigenvalue weighted by Crippen LogP contribution is -2.34. The average molecular weight is 299 g/mol. The van der Waals surface area contributed by atoms with E-state index in [9.17, 15) is 4.79 Å². The van der Waals surface area contributed by atoms with Gasteiger partial charge in [0, 0.05) is 19.5 Å². The summed E-state index contributed by atoms with van der Waals surface area (Å²) in [6.07, 6.45) is 12.4. The van der Waals surface area contributed by atoms with E-state index in [0.29, 0.717) is 6.42 Å². The molecule has 1 amide bonds. The van der Waals surface area contributed by atoms with Gasteiger partial charge in [-0.25, -0.2) is 0 Å². The molecule has 3 heteroatoms. The lowest BCUT2D eigenvalue weighted by atomic mass is 10.1. The van der Waals surface area contributed by atoms with Crippen LogP contribution in [0.2, 0.25) is 0 Å². The van der Waals surface area contributed by atoms with E-state index in [-0.39, 0.29) is 5.91 Å². The second-order valence-corrected chi connectivity index (χ2v) is 5.96. The number of nitrogens with zero attached hydrogens (tertiary/aromatic N) is 1. The minimum absolute atomic E-state index is 0.227. The van der Waals surface area contributed by atoms with Gasteiger partial charge in [-0.1, -0.05) is 72.1 Å². The quantitative estimate of drug-likeness (QED) is 0.455. The van der Waals surface area contributed by atoms with Gasteiger partial charge in [-0.2, -0.15) is 0 Å². The first-order valence-electron chi connectivity index (χ1n) is 9.23. The Morgan fingerprint density at radius 2 is 1.33 bits per heavy atom. The molecule has 126 valence electrons. The predicted octanol–water partition coefficient (Wildman–Crippen LogP) is 4.37. The topological polar surface area (TPSA) is 32.3 Å². The van der Waals surface area contributed by atoms with E-state index in [0.717, 1.165) is 32.6 Å². The Balaban J connectivity index is 3.26. The lowest BCUT2D eigenvalue weighted by Gasteiger charge is -2.17. The first-order chi connectivity index (χ1) is 10.2. The van der Waals surface area contributed by atoms with Crippen LogP contribution in [0.5, 0.6) is 0 Å². The minimum atomic E-state index is 0.227. The molecule has 1 N–H and O–H groups in total. The van der Waals surface area contributed by atoms with E-state index in [1.54, 1.807) is 0 Å². The van der Waals surface area contributed by atoms with Gasteiger partial charge >= 0.3 is 0 Å². The summed E-state index contributed by atoms with van der Waals surface area (Å²) in [5.74, 6) is 0.227. The zero-order valence-corrected chi connectivity index (χ0v) is 14.8. The van der Waals surface area contributed by atoms with Crippen LogP contribution in [-0.2, 0) is 4.79 Å². The molecule has 0 aliphatic heterocycles. The summed E-state index contributed by atoms with van der Waals surface area (Å²) in [5.41, 5.74) is 0. The Hall–Kier alpha value is -0.570. The molecule has 0 rings (SSSR count). The molecule has 0 aliphatic carbocycles. The van der Waals surface area contributed by atoms with Crippen molar-refractivity contribution in [3.8, 4) is 0 Å². The van der Waals surface area contributed by atoms with E-state index < -0.39 is 0 Å². The maximum absolute atomic E-state index is 11.7. The van der Waals surface area contributed by atoms with Crippen LogP contribution in [-0.4, -0.2) is 37.0 Å². The Morgan fingerprint density at radius 3 is 1.86 bits per heavy atom. The fourth-order valence-corrected chi connectivity index (χ4v) is 2.58. The van der Waals surface area contributed by atoms with Crippen molar-refractivity contribution in [3.63, 3.8) is 0 Å². The molecule has 0 aromatic carbocycles. The summed E-state index contributed by atoms with van der Waals surface area (Å²) in [5, 5.41) is 3.03. The number of carbonyl (C=O) groups excluding carboxylic acids is 1. The number of hydrogen-bond acceptors (Lipinski definition) is 2. The standard InChI is InChI=1S/C18H38N2O/c1-4-7-8-9-10-11-12-13-14-15-18(21)19-16-17-20(5-2)6-3/h4-17H2,1-3H3,(H,19,21). The van der Waals surface area contributed by atoms with Crippen LogP contribution in [0.3, 0.4) is 0 Å². The molecule has 0 spiro atoms. The SMILES string of the molecule is CCCCCCCCCCCC(=O)NCCN(CC)CC. The van der Waals surface area contributed by atoms with Gasteiger partial charge in [-0.15, -0.1) is 0 Å². The molecule has 0 saturated carbocycles. The number of carbonyl (C=O) groups is 1. The molecule has 0 aromatic heterocycles. The van der Waals surface area contributed by atoms with Crippen molar-refractivity contribution in [1.29, 1.82) is 0 Å². The molecule has 0 fully saturated rings. The third kappa shape index (κ3) is 14.1. The minimum Gasteiger partial charge on any atom is -0.355 e. The number of hydrogen-bond donors (Lipinski definition) is 1. The van der Waals surface area contributed by atoms with Crippen molar-refractivity contribution in [2.24, 2.45) is 0 Å². The number of likely N-dealkylation sites (N-methyl/N-ethyl adjacent to an activating group) is 1. The molecule has 3 nitrogen and oxygen atoms in total. The highest BCUT2D eigenvalue weighted by atomic mass is 16.1. The van der Waals surface area contributed by atoms with Crippen LogP contribution < -0.4 is 5.32 Å². The molecule has 0 atom stereocenters. The van der Waals surface area contributed by atoms with Crippen LogP contribution in [0.15, 0.2) is 0 Å². The Kier molecular flexibility index (Phi) is 15.4. The summed E-state index contributed by atoms with van der Waals surface area (Å²) in [6.45, 7) is 10.5. The maximum atomic E-state index is 11.7. The van der Waals surface area contributed by atoms with Crippen molar-refractivity contribution in [2.75, 3.05) is 26.2 Å². The summed E-state index contributed by atoms with van der Waals surface area (Å²) in [4.78, 5) is 14.0. The van der Waals surface area contributed by atoms with Gasteiger partial charge in [0.2, 0.25) is 5.91 Å². The highest BCUT2D eigenvalue weighted by Gasteiger charge is 2.02. The zero-order valence-electron chi connectivity index (χ0n) is 14.8. The van der Waals surface area contributed by atoms with E-state index in [1.807, 2.05) is 0 Å². The molecule has 0 saturated heterocycles. The zero-order chi connectivity index (χ0) is 15.8. The second-order valence-electron chi connectivity index (χ2n) is 5.96. The van der Waals surface area contributed by atoms with Gasteiger partial charge in [-0.05, 0) is 19.5 Å². The van der Waals surface area contributed by atoms with Crippen LogP contribution in [0.25, 0.3) is 0 Å².